The van der Waals surface area contributed by atoms with Crippen LogP contribution < -0.4 is 10.2 Å². The second-order valence-corrected chi connectivity index (χ2v) is 9.19. The Labute approximate surface area is 202 Å². The Kier molecular flexibility index (Phi) is 7.92. The average molecular weight is 488 g/mol. The highest BCUT2D eigenvalue weighted by molar-refractivity contribution is 7.98. The molecular weight excluding hydrogens is 465 g/mol. The highest BCUT2D eigenvalue weighted by atomic mass is 35.5. The van der Waals surface area contributed by atoms with Gasteiger partial charge in [0.15, 0.2) is 0 Å². The molecule has 166 valence electrons. The lowest BCUT2D eigenvalue weighted by Crippen LogP contribution is -2.37. The van der Waals surface area contributed by atoms with Gasteiger partial charge in [0.1, 0.15) is 5.82 Å². The molecule has 0 spiro atoms. The SMILES string of the molecule is O=C(NCc1cccnc1N1CCOCC1)c1cccc(CSc2cc(Cl)ccc2Cl)c1. The van der Waals surface area contributed by atoms with E-state index in [2.05, 4.69) is 15.2 Å². The van der Waals surface area contributed by atoms with E-state index in [1.54, 1.807) is 30.1 Å². The number of benzene rings is 2. The van der Waals surface area contributed by atoms with E-state index in [0.717, 1.165) is 34.9 Å². The van der Waals surface area contributed by atoms with Crippen LogP contribution in [0.15, 0.2) is 65.7 Å². The fourth-order valence-corrected chi connectivity index (χ4v) is 4.89. The van der Waals surface area contributed by atoms with Crippen LogP contribution >= 0.6 is 35.0 Å². The van der Waals surface area contributed by atoms with Gasteiger partial charge in [-0.2, -0.15) is 0 Å². The molecule has 1 aliphatic rings. The van der Waals surface area contributed by atoms with Gasteiger partial charge in [0.2, 0.25) is 0 Å². The summed E-state index contributed by atoms with van der Waals surface area (Å²) in [4.78, 5) is 20.5. The van der Waals surface area contributed by atoms with Gasteiger partial charge in [-0.05, 0) is 42.0 Å². The molecule has 1 amide bonds. The number of pyridine rings is 1. The number of amides is 1. The lowest BCUT2D eigenvalue weighted by Gasteiger charge is -2.29. The van der Waals surface area contributed by atoms with E-state index >= 15 is 0 Å². The number of nitrogens with zero attached hydrogens (tertiary/aromatic N) is 2. The van der Waals surface area contributed by atoms with Crippen molar-refractivity contribution in [2.24, 2.45) is 0 Å². The van der Waals surface area contributed by atoms with Gasteiger partial charge in [-0.3, -0.25) is 4.79 Å². The van der Waals surface area contributed by atoms with Gasteiger partial charge in [0.05, 0.1) is 18.2 Å². The maximum atomic E-state index is 12.8. The van der Waals surface area contributed by atoms with E-state index in [-0.39, 0.29) is 5.91 Å². The molecule has 4 rings (SSSR count). The molecule has 1 saturated heterocycles. The Balaban J connectivity index is 1.39. The van der Waals surface area contributed by atoms with E-state index < -0.39 is 0 Å². The van der Waals surface area contributed by atoms with Crippen molar-refractivity contribution in [2.45, 2.75) is 17.2 Å². The Bertz CT molecular complexity index is 1090. The van der Waals surface area contributed by atoms with Crippen LogP contribution in [0.25, 0.3) is 0 Å². The molecule has 1 fully saturated rings. The summed E-state index contributed by atoms with van der Waals surface area (Å²) in [7, 11) is 0. The third-order valence-corrected chi connectivity index (χ3v) is 6.90. The highest BCUT2D eigenvalue weighted by Gasteiger charge is 2.16. The first-order chi connectivity index (χ1) is 15.6. The summed E-state index contributed by atoms with van der Waals surface area (Å²) in [6.07, 6.45) is 1.78. The van der Waals surface area contributed by atoms with Crippen LogP contribution in [0, 0.1) is 0 Å². The summed E-state index contributed by atoms with van der Waals surface area (Å²) < 4.78 is 5.43. The number of halogens is 2. The first-order valence-corrected chi connectivity index (χ1v) is 12.1. The van der Waals surface area contributed by atoms with Crippen LogP contribution in [-0.4, -0.2) is 37.2 Å². The van der Waals surface area contributed by atoms with Gasteiger partial charge in [-0.25, -0.2) is 4.98 Å². The number of rotatable bonds is 7. The number of carbonyl (C=O) groups is 1. The maximum Gasteiger partial charge on any atom is 0.251 e. The minimum absolute atomic E-state index is 0.116. The number of morpholine rings is 1. The Hall–Kier alpha value is -2.25. The largest absolute Gasteiger partial charge is 0.378 e. The molecule has 0 saturated carbocycles. The van der Waals surface area contributed by atoms with Crippen molar-refractivity contribution < 1.29 is 9.53 Å². The van der Waals surface area contributed by atoms with Crippen molar-refractivity contribution >= 4 is 46.7 Å². The number of hydrogen-bond donors (Lipinski definition) is 1. The minimum Gasteiger partial charge on any atom is -0.378 e. The average Bonchev–Trinajstić information content (AvgIpc) is 2.84. The number of carbonyl (C=O) groups excluding carboxylic acids is 1. The highest BCUT2D eigenvalue weighted by Crippen LogP contribution is 2.32. The molecule has 5 nitrogen and oxygen atoms in total. The second-order valence-electron chi connectivity index (χ2n) is 7.33. The van der Waals surface area contributed by atoms with Crippen LogP contribution in [0.3, 0.4) is 0 Å². The normalized spacial score (nSPS) is 13.8. The minimum atomic E-state index is -0.116. The summed E-state index contributed by atoms with van der Waals surface area (Å²) in [5.74, 6) is 1.47. The summed E-state index contributed by atoms with van der Waals surface area (Å²) >= 11 is 13.9. The zero-order valence-corrected chi connectivity index (χ0v) is 19.7. The molecule has 0 radical (unpaired) electrons. The molecular formula is C24H23Cl2N3O2S. The molecule has 0 aliphatic carbocycles. The van der Waals surface area contributed by atoms with Gasteiger partial charge in [-0.15, -0.1) is 11.8 Å². The van der Waals surface area contributed by atoms with Crippen molar-refractivity contribution in [3.63, 3.8) is 0 Å². The Morgan fingerprint density at radius 3 is 2.78 bits per heavy atom. The van der Waals surface area contributed by atoms with Crippen molar-refractivity contribution in [2.75, 3.05) is 31.2 Å². The number of nitrogens with one attached hydrogen (secondary N) is 1. The van der Waals surface area contributed by atoms with Gasteiger partial charge < -0.3 is 15.0 Å². The first-order valence-electron chi connectivity index (χ1n) is 10.3. The zero-order valence-electron chi connectivity index (χ0n) is 17.4. The van der Waals surface area contributed by atoms with Gasteiger partial charge in [0.25, 0.3) is 5.91 Å². The molecule has 0 bridgehead atoms. The Morgan fingerprint density at radius 2 is 1.94 bits per heavy atom. The smallest absolute Gasteiger partial charge is 0.251 e. The predicted molar refractivity (Wildman–Crippen MR) is 131 cm³/mol. The number of aromatic nitrogens is 1. The van der Waals surface area contributed by atoms with Crippen molar-refractivity contribution in [3.8, 4) is 0 Å². The van der Waals surface area contributed by atoms with Crippen LogP contribution in [0.2, 0.25) is 10.0 Å². The second kappa shape index (κ2) is 11.1. The summed E-state index contributed by atoms with van der Waals surface area (Å²) in [6, 6.07) is 16.9. The Morgan fingerprint density at radius 1 is 1.09 bits per heavy atom. The molecule has 0 unspecified atom stereocenters. The van der Waals surface area contributed by atoms with E-state index in [4.69, 9.17) is 27.9 Å². The van der Waals surface area contributed by atoms with Crippen molar-refractivity contribution in [3.05, 3.63) is 87.5 Å². The van der Waals surface area contributed by atoms with E-state index in [0.29, 0.717) is 41.1 Å². The summed E-state index contributed by atoms with van der Waals surface area (Å²) in [6.45, 7) is 3.39. The molecule has 1 aliphatic heterocycles. The number of ether oxygens (including phenoxy) is 1. The maximum absolute atomic E-state index is 12.8. The summed E-state index contributed by atoms with van der Waals surface area (Å²) in [5, 5.41) is 4.35. The van der Waals surface area contributed by atoms with Gasteiger partial charge in [0, 0.05) is 52.6 Å². The molecule has 32 heavy (non-hydrogen) atoms. The number of anilines is 1. The fraction of sp³-hybridized carbons (Fsp3) is 0.250. The summed E-state index contributed by atoms with van der Waals surface area (Å²) in [5.41, 5.74) is 2.65. The molecule has 0 atom stereocenters. The van der Waals surface area contributed by atoms with Gasteiger partial charge in [-0.1, -0.05) is 41.4 Å². The monoisotopic (exact) mass is 487 g/mol. The fourth-order valence-electron chi connectivity index (χ4n) is 3.46. The van der Waals surface area contributed by atoms with Gasteiger partial charge >= 0.3 is 0 Å². The van der Waals surface area contributed by atoms with Crippen LogP contribution in [0.4, 0.5) is 5.82 Å². The number of thioether (sulfide) groups is 1. The van der Waals surface area contributed by atoms with Crippen molar-refractivity contribution in [1.82, 2.24) is 10.3 Å². The quantitative estimate of drug-likeness (QED) is 0.449. The lowest BCUT2D eigenvalue weighted by molar-refractivity contribution is 0.0950. The van der Waals surface area contributed by atoms with Crippen LogP contribution in [-0.2, 0) is 17.0 Å². The third kappa shape index (κ3) is 5.95. The molecule has 2 heterocycles. The first kappa shape index (κ1) is 22.9. The van der Waals surface area contributed by atoms with E-state index in [1.165, 1.54) is 0 Å². The molecule has 3 aromatic rings. The topological polar surface area (TPSA) is 54.5 Å². The molecule has 8 heteroatoms. The van der Waals surface area contributed by atoms with Crippen LogP contribution in [0.1, 0.15) is 21.5 Å². The lowest BCUT2D eigenvalue weighted by atomic mass is 10.1. The predicted octanol–water partition coefficient (Wildman–Crippen LogP) is 5.45. The standard InChI is InChI=1S/C24H23Cl2N3O2S/c25-20-6-7-21(26)22(14-20)32-16-17-3-1-4-18(13-17)24(30)28-15-19-5-2-8-27-23(19)29-9-11-31-12-10-29/h1-8,13-14H,9-12,15-16H2,(H,28,30). The zero-order chi connectivity index (χ0) is 22.3. The third-order valence-electron chi connectivity index (χ3n) is 5.09. The van der Waals surface area contributed by atoms with Crippen LogP contribution in [0.5, 0.6) is 0 Å². The van der Waals surface area contributed by atoms with E-state index in [1.807, 2.05) is 42.5 Å². The number of hydrogen-bond acceptors (Lipinski definition) is 5. The molecule has 2 aromatic carbocycles. The van der Waals surface area contributed by atoms with Crippen molar-refractivity contribution in [1.29, 1.82) is 0 Å². The molecule has 1 N–H and O–H groups in total. The van der Waals surface area contributed by atoms with E-state index in [9.17, 15) is 4.79 Å². The molecule has 1 aromatic heterocycles.